The van der Waals surface area contributed by atoms with Crippen molar-refractivity contribution in [2.75, 3.05) is 18.6 Å². The average molecular weight is 276 g/mol. The zero-order chi connectivity index (χ0) is 12.9. The predicted molar refractivity (Wildman–Crippen MR) is 79.4 cm³/mol. The summed E-state index contributed by atoms with van der Waals surface area (Å²) in [4.78, 5) is 4.58. The minimum Gasteiger partial charge on any atom is -0.360 e. The fourth-order valence-electron chi connectivity index (χ4n) is 1.59. The molecule has 1 rings (SSSR count). The van der Waals surface area contributed by atoms with E-state index in [0.717, 1.165) is 30.3 Å². The van der Waals surface area contributed by atoms with E-state index >= 15 is 0 Å². The monoisotopic (exact) mass is 276 g/mol. The first-order chi connectivity index (χ1) is 7.97. The molecule has 0 aromatic heterocycles. The van der Waals surface area contributed by atoms with Gasteiger partial charge in [0.25, 0.3) is 0 Å². The Morgan fingerprint density at radius 2 is 2.35 bits per heavy atom. The van der Waals surface area contributed by atoms with Crippen LogP contribution in [0, 0.1) is 0 Å². The lowest BCUT2D eigenvalue weighted by molar-refractivity contribution is 0.390. The summed E-state index contributed by atoms with van der Waals surface area (Å²) in [6, 6.07) is 0. The lowest BCUT2D eigenvalue weighted by Gasteiger charge is -2.35. The third-order valence-corrected chi connectivity index (χ3v) is 5.72. The molecule has 3 unspecified atom stereocenters. The molecule has 17 heavy (non-hydrogen) atoms. The van der Waals surface area contributed by atoms with E-state index in [1.807, 2.05) is 6.92 Å². The smallest absolute Gasteiger partial charge is 0.156 e. The normalized spacial score (nSPS) is 30.9. The zero-order valence-corrected chi connectivity index (χ0v) is 12.9. The van der Waals surface area contributed by atoms with E-state index in [4.69, 9.17) is 0 Å². The molecule has 0 aromatic rings. The number of thioether (sulfide) groups is 1. The molecule has 0 bridgehead atoms. The van der Waals surface area contributed by atoms with Crippen LogP contribution in [0.25, 0.3) is 0 Å². The molecule has 5 heteroatoms. The van der Waals surface area contributed by atoms with Crippen molar-refractivity contribution in [1.29, 1.82) is 0 Å². The van der Waals surface area contributed by atoms with Crippen LogP contribution in [0.1, 0.15) is 40.0 Å². The molecule has 0 spiro atoms. The van der Waals surface area contributed by atoms with Crippen LogP contribution in [-0.2, 0) is 10.8 Å². The predicted octanol–water partition coefficient (Wildman–Crippen LogP) is 2.39. The Bertz CT molecular complexity index is 307. The van der Waals surface area contributed by atoms with Crippen molar-refractivity contribution in [1.82, 2.24) is 5.32 Å². The molecule has 0 aliphatic carbocycles. The van der Waals surface area contributed by atoms with Crippen molar-refractivity contribution in [2.45, 2.75) is 50.8 Å². The molecule has 3 atom stereocenters. The molecule has 3 nitrogen and oxygen atoms in total. The van der Waals surface area contributed by atoms with E-state index in [1.54, 1.807) is 18.0 Å². The number of rotatable bonds is 5. The summed E-state index contributed by atoms with van der Waals surface area (Å²) in [6.07, 6.45) is 4.99. The van der Waals surface area contributed by atoms with Gasteiger partial charge in [0.15, 0.2) is 5.17 Å². The Morgan fingerprint density at radius 1 is 1.65 bits per heavy atom. The Labute approximate surface area is 112 Å². The molecule has 1 fully saturated rings. The maximum Gasteiger partial charge on any atom is 0.156 e. The second kappa shape index (κ2) is 6.78. The van der Waals surface area contributed by atoms with Crippen molar-refractivity contribution in [3.63, 3.8) is 0 Å². The highest BCUT2D eigenvalue weighted by Crippen LogP contribution is 2.24. The summed E-state index contributed by atoms with van der Waals surface area (Å²) >= 11 is 1.80. The number of hydrogen-bond donors (Lipinski definition) is 1. The van der Waals surface area contributed by atoms with Crippen LogP contribution in [0.4, 0.5) is 0 Å². The van der Waals surface area contributed by atoms with Crippen LogP contribution in [0.15, 0.2) is 4.99 Å². The van der Waals surface area contributed by atoms with Crippen molar-refractivity contribution in [3.8, 4) is 0 Å². The van der Waals surface area contributed by atoms with Crippen LogP contribution in [0.2, 0.25) is 0 Å². The molecule has 0 radical (unpaired) electrons. The molecule has 1 aliphatic rings. The maximum absolute atomic E-state index is 11.2. The molecular weight excluding hydrogens is 252 g/mol. The first-order valence-electron chi connectivity index (χ1n) is 6.24. The highest BCUT2D eigenvalue weighted by atomic mass is 32.2. The standard InChI is InChI=1S/C12H24N2OS2/c1-5-12(3)7-9-16-11(14-12)13-8-6-10(2)17(4)15/h10H,5-9H2,1-4H3,(H,13,14). The Morgan fingerprint density at radius 3 is 2.94 bits per heavy atom. The van der Waals surface area contributed by atoms with Crippen molar-refractivity contribution >= 4 is 27.7 Å². The van der Waals surface area contributed by atoms with Gasteiger partial charge in [-0.15, -0.1) is 0 Å². The van der Waals surface area contributed by atoms with Crippen molar-refractivity contribution in [3.05, 3.63) is 0 Å². The number of hydrogen-bond acceptors (Lipinski definition) is 3. The highest BCUT2D eigenvalue weighted by Gasteiger charge is 2.27. The molecule has 0 amide bonds. The van der Waals surface area contributed by atoms with Gasteiger partial charge in [0.1, 0.15) is 0 Å². The molecular formula is C12H24N2OS2. The van der Waals surface area contributed by atoms with E-state index in [2.05, 4.69) is 24.2 Å². The number of nitrogens with one attached hydrogen (secondary N) is 1. The number of nitrogens with zero attached hydrogens (tertiary/aromatic N) is 1. The van der Waals surface area contributed by atoms with E-state index < -0.39 is 10.8 Å². The fourth-order valence-corrected chi connectivity index (χ4v) is 3.28. The van der Waals surface area contributed by atoms with Crippen LogP contribution in [0.5, 0.6) is 0 Å². The number of aliphatic imine (C=N–C) groups is 1. The van der Waals surface area contributed by atoms with Gasteiger partial charge in [0, 0.05) is 40.1 Å². The lowest BCUT2D eigenvalue weighted by atomic mass is 9.96. The van der Waals surface area contributed by atoms with Gasteiger partial charge in [-0.05, 0) is 26.2 Å². The van der Waals surface area contributed by atoms with Gasteiger partial charge in [-0.1, -0.05) is 25.6 Å². The second-order valence-corrected chi connectivity index (χ2v) is 7.81. The van der Waals surface area contributed by atoms with E-state index in [9.17, 15) is 4.21 Å². The Kier molecular flexibility index (Phi) is 6.00. The lowest BCUT2D eigenvalue weighted by Crippen LogP contribution is -2.48. The Balaban J connectivity index is 2.42. The summed E-state index contributed by atoms with van der Waals surface area (Å²) in [7, 11) is -0.730. The van der Waals surface area contributed by atoms with Gasteiger partial charge >= 0.3 is 0 Å². The third kappa shape index (κ3) is 5.00. The summed E-state index contributed by atoms with van der Waals surface area (Å²) in [5, 5.41) is 4.83. The van der Waals surface area contributed by atoms with Gasteiger partial charge in [0.05, 0.1) is 0 Å². The average Bonchev–Trinajstić information content (AvgIpc) is 2.29. The second-order valence-electron chi connectivity index (χ2n) is 4.92. The highest BCUT2D eigenvalue weighted by molar-refractivity contribution is 8.13. The van der Waals surface area contributed by atoms with E-state index in [-0.39, 0.29) is 10.8 Å². The van der Waals surface area contributed by atoms with Gasteiger partial charge in [-0.25, -0.2) is 0 Å². The number of amidine groups is 1. The third-order valence-electron chi connectivity index (χ3n) is 3.44. The molecule has 1 heterocycles. The van der Waals surface area contributed by atoms with Crippen LogP contribution < -0.4 is 5.32 Å². The van der Waals surface area contributed by atoms with Gasteiger partial charge in [-0.3, -0.25) is 9.20 Å². The van der Waals surface area contributed by atoms with Crippen molar-refractivity contribution < 1.29 is 4.21 Å². The largest absolute Gasteiger partial charge is 0.360 e. The minimum atomic E-state index is -0.730. The summed E-state index contributed by atoms with van der Waals surface area (Å²) in [5.41, 5.74) is 0.212. The van der Waals surface area contributed by atoms with Crippen LogP contribution in [-0.4, -0.2) is 38.7 Å². The van der Waals surface area contributed by atoms with Crippen molar-refractivity contribution in [2.24, 2.45) is 4.99 Å². The SMILES string of the molecule is CCC1(C)CCSC(=NCCC(C)S(C)=O)N1. The van der Waals surface area contributed by atoms with Crippen LogP contribution in [0.3, 0.4) is 0 Å². The van der Waals surface area contributed by atoms with Gasteiger partial charge in [0.2, 0.25) is 0 Å². The summed E-state index contributed by atoms with van der Waals surface area (Å²) in [6.45, 7) is 7.26. The topological polar surface area (TPSA) is 41.5 Å². The van der Waals surface area contributed by atoms with E-state index in [0.29, 0.717) is 0 Å². The molecule has 0 saturated carbocycles. The Hall–Kier alpha value is -0.0300. The molecule has 100 valence electrons. The molecule has 1 N–H and O–H groups in total. The summed E-state index contributed by atoms with van der Waals surface area (Å²) in [5.74, 6) is 1.14. The fraction of sp³-hybridized carbons (Fsp3) is 0.917. The molecule has 1 saturated heterocycles. The van der Waals surface area contributed by atoms with E-state index in [1.165, 1.54) is 6.42 Å². The molecule has 1 aliphatic heterocycles. The first kappa shape index (κ1) is 15.0. The first-order valence-corrected chi connectivity index (χ1v) is 8.85. The minimum absolute atomic E-state index is 0.212. The van der Waals surface area contributed by atoms with Crippen LogP contribution >= 0.6 is 11.8 Å². The quantitative estimate of drug-likeness (QED) is 0.838. The maximum atomic E-state index is 11.2. The van der Waals surface area contributed by atoms with Gasteiger partial charge in [-0.2, -0.15) is 0 Å². The molecule has 0 aromatic carbocycles. The summed E-state index contributed by atoms with van der Waals surface area (Å²) < 4.78 is 11.2. The zero-order valence-electron chi connectivity index (χ0n) is 11.3. The van der Waals surface area contributed by atoms with Gasteiger partial charge < -0.3 is 5.32 Å².